The molecular weight excluding hydrogens is 294 g/mol. The van der Waals surface area contributed by atoms with E-state index in [1.807, 2.05) is 0 Å². The van der Waals surface area contributed by atoms with Gasteiger partial charge in [-0.05, 0) is 0 Å². The third kappa shape index (κ3) is 1.61. The zero-order valence-electron chi connectivity index (χ0n) is 6.33. The molecule has 0 amide bonds. The van der Waals surface area contributed by atoms with E-state index < -0.39 is 8.28 Å². The largest absolute Gasteiger partial charge is 0.382 e. The van der Waals surface area contributed by atoms with Crippen molar-refractivity contribution in [3.8, 4) is 0 Å². The maximum absolute atomic E-state index is 10.6. The third-order valence-corrected chi connectivity index (χ3v) is 2.85. The fourth-order valence-electron chi connectivity index (χ4n) is 0.939. The van der Waals surface area contributed by atoms with Gasteiger partial charge < -0.3 is 4.90 Å². The first kappa shape index (κ1) is 9.91. The standard InChI is InChI=1S/C5H7Br2N3O2/c1-9-3-2-8-4(9)5(6,7)10(11)12/h2-3H2,1H3. The maximum atomic E-state index is 10.6. The minimum atomic E-state index is -1.43. The molecule has 12 heavy (non-hydrogen) atoms. The van der Waals surface area contributed by atoms with Crippen LogP contribution in [-0.4, -0.2) is 39.2 Å². The van der Waals surface area contributed by atoms with Gasteiger partial charge in [0.05, 0.1) is 11.5 Å². The molecule has 1 aliphatic heterocycles. The number of nitro groups is 1. The fourth-order valence-corrected chi connectivity index (χ4v) is 1.80. The third-order valence-electron chi connectivity index (χ3n) is 1.56. The molecule has 0 aromatic carbocycles. The number of hydrogen-bond acceptors (Lipinski definition) is 4. The van der Waals surface area contributed by atoms with Gasteiger partial charge in [-0.1, -0.05) is 0 Å². The van der Waals surface area contributed by atoms with Gasteiger partial charge in [0.25, 0.3) is 0 Å². The highest BCUT2D eigenvalue weighted by atomic mass is 79.9. The van der Waals surface area contributed by atoms with E-state index >= 15 is 0 Å². The van der Waals surface area contributed by atoms with E-state index in [1.165, 1.54) is 0 Å². The van der Waals surface area contributed by atoms with E-state index in [-0.39, 0.29) is 0 Å². The summed E-state index contributed by atoms with van der Waals surface area (Å²) in [5.74, 6) is 0.410. The molecule has 68 valence electrons. The summed E-state index contributed by atoms with van der Waals surface area (Å²) < 4.78 is -1.43. The molecule has 0 atom stereocenters. The minimum absolute atomic E-state index is 0.410. The van der Waals surface area contributed by atoms with Crippen LogP contribution in [0.1, 0.15) is 0 Å². The molecule has 0 fully saturated rings. The van der Waals surface area contributed by atoms with Crippen LogP contribution in [0.15, 0.2) is 4.99 Å². The Morgan fingerprint density at radius 2 is 2.33 bits per heavy atom. The Labute approximate surface area is 86.2 Å². The van der Waals surface area contributed by atoms with Gasteiger partial charge in [0, 0.05) is 45.5 Å². The lowest BCUT2D eigenvalue weighted by molar-refractivity contribution is -0.486. The first-order valence-electron chi connectivity index (χ1n) is 3.24. The summed E-state index contributed by atoms with van der Waals surface area (Å²) in [6, 6.07) is 0. The summed E-state index contributed by atoms with van der Waals surface area (Å²) in [5.41, 5.74) is 0. The minimum Gasteiger partial charge on any atom is -0.354 e. The van der Waals surface area contributed by atoms with Crippen LogP contribution >= 0.6 is 31.9 Å². The first-order chi connectivity index (χ1) is 5.46. The summed E-state index contributed by atoms with van der Waals surface area (Å²) in [7, 11) is 1.77. The van der Waals surface area contributed by atoms with Crippen molar-refractivity contribution < 1.29 is 4.92 Å². The zero-order valence-corrected chi connectivity index (χ0v) is 9.50. The highest BCUT2D eigenvalue weighted by Gasteiger charge is 2.46. The molecule has 1 rings (SSSR count). The molecule has 0 aromatic rings. The van der Waals surface area contributed by atoms with Gasteiger partial charge in [0.1, 0.15) is 0 Å². The Kier molecular flexibility index (Phi) is 2.72. The normalized spacial score (nSPS) is 17.9. The monoisotopic (exact) mass is 299 g/mol. The van der Waals surface area contributed by atoms with Crippen LogP contribution in [0.3, 0.4) is 0 Å². The molecule has 5 nitrogen and oxygen atoms in total. The van der Waals surface area contributed by atoms with Crippen LogP contribution in [0, 0.1) is 10.1 Å². The lowest BCUT2D eigenvalue weighted by Crippen LogP contribution is -2.41. The van der Waals surface area contributed by atoms with Crippen LogP contribution < -0.4 is 0 Å². The number of amidine groups is 1. The lowest BCUT2D eigenvalue weighted by Gasteiger charge is -2.18. The Hall–Kier alpha value is -0.170. The highest BCUT2D eigenvalue weighted by molar-refractivity contribution is 9.25. The van der Waals surface area contributed by atoms with Crippen LogP contribution in [0.4, 0.5) is 0 Å². The van der Waals surface area contributed by atoms with E-state index in [4.69, 9.17) is 0 Å². The van der Waals surface area contributed by atoms with Gasteiger partial charge in [-0.2, -0.15) is 0 Å². The van der Waals surface area contributed by atoms with Crippen molar-refractivity contribution in [2.75, 3.05) is 20.1 Å². The summed E-state index contributed by atoms with van der Waals surface area (Å²) in [4.78, 5) is 15.9. The summed E-state index contributed by atoms with van der Waals surface area (Å²) >= 11 is 5.92. The average molecular weight is 301 g/mol. The van der Waals surface area contributed by atoms with Crippen molar-refractivity contribution in [2.24, 2.45) is 4.99 Å². The number of nitrogens with zero attached hydrogens (tertiary/aromatic N) is 3. The lowest BCUT2D eigenvalue weighted by atomic mass is 10.5. The molecule has 0 bridgehead atoms. The Morgan fingerprint density at radius 3 is 2.67 bits per heavy atom. The van der Waals surface area contributed by atoms with Crippen LogP contribution in [0.5, 0.6) is 0 Å². The van der Waals surface area contributed by atoms with Crippen molar-refractivity contribution in [3.63, 3.8) is 0 Å². The van der Waals surface area contributed by atoms with Crippen LogP contribution in [-0.2, 0) is 0 Å². The number of halogens is 2. The van der Waals surface area contributed by atoms with Gasteiger partial charge in [0.2, 0.25) is 5.84 Å². The maximum Gasteiger partial charge on any atom is 0.382 e. The van der Waals surface area contributed by atoms with Crippen molar-refractivity contribution in [2.45, 2.75) is 3.36 Å². The van der Waals surface area contributed by atoms with Gasteiger partial charge >= 0.3 is 3.36 Å². The molecular formula is C5H7Br2N3O2. The summed E-state index contributed by atoms with van der Waals surface area (Å²) in [6.45, 7) is 1.33. The Morgan fingerprint density at radius 1 is 1.75 bits per heavy atom. The predicted octanol–water partition coefficient (Wildman–Crippen LogP) is 1.05. The predicted molar refractivity (Wildman–Crippen MR) is 52.5 cm³/mol. The second kappa shape index (κ2) is 3.29. The van der Waals surface area contributed by atoms with Crippen molar-refractivity contribution in [3.05, 3.63) is 10.1 Å². The fraction of sp³-hybridized carbons (Fsp3) is 0.800. The van der Waals surface area contributed by atoms with E-state index in [1.54, 1.807) is 11.9 Å². The van der Waals surface area contributed by atoms with Gasteiger partial charge in [0.15, 0.2) is 0 Å². The SMILES string of the molecule is CN1CCN=C1C(Br)(Br)[N+](=O)[O-]. The number of hydrogen-bond donors (Lipinski definition) is 0. The molecule has 0 saturated carbocycles. The van der Waals surface area contributed by atoms with Gasteiger partial charge in [-0.3, -0.25) is 15.1 Å². The van der Waals surface area contributed by atoms with Crippen molar-refractivity contribution in [1.82, 2.24) is 4.90 Å². The summed E-state index contributed by atoms with van der Waals surface area (Å²) in [5, 5.41) is 10.6. The van der Waals surface area contributed by atoms with Gasteiger partial charge in [-0.15, -0.1) is 0 Å². The quantitative estimate of drug-likeness (QED) is 0.331. The van der Waals surface area contributed by atoms with E-state index in [9.17, 15) is 10.1 Å². The number of likely N-dealkylation sites (N-methyl/N-ethyl adjacent to an activating group) is 1. The van der Waals surface area contributed by atoms with Crippen molar-refractivity contribution in [1.29, 1.82) is 0 Å². The molecule has 0 N–H and O–H groups in total. The van der Waals surface area contributed by atoms with Gasteiger partial charge in [-0.25, -0.2) is 0 Å². The molecule has 7 heteroatoms. The number of rotatable bonds is 2. The zero-order chi connectivity index (χ0) is 9.35. The smallest absolute Gasteiger partial charge is 0.354 e. The molecule has 0 spiro atoms. The molecule has 1 heterocycles. The Bertz CT molecular complexity index is 241. The Balaban J connectivity index is 2.88. The summed E-state index contributed by atoms with van der Waals surface area (Å²) in [6.07, 6.45) is 0. The molecule has 0 aromatic heterocycles. The topological polar surface area (TPSA) is 58.7 Å². The molecule has 0 unspecified atom stereocenters. The molecule has 0 saturated heterocycles. The number of alkyl halides is 2. The first-order valence-corrected chi connectivity index (χ1v) is 4.83. The van der Waals surface area contributed by atoms with E-state index in [0.29, 0.717) is 12.4 Å². The van der Waals surface area contributed by atoms with E-state index in [2.05, 4.69) is 36.9 Å². The van der Waals surface area contributed by atoms with Crippen LogP contribution in [0.2, 0.25) is 0 Å². The second-order valence-corrected chi connectivity index (χ2v) is 5.78. The van der Waals surface area contributed by atoms with Crippen molar-refractivity contribution >= 4 is 37.7 Å². The number of aliphatic imine (C=N–C) groups is 1. The second-order valence-electron chi connectivity index (χ2n) is 2.43. The molecule has 1 aliphatic rings. The average Bonchev–Trinajstić information content (AvgIpc) is 2.35. The van der Waals surface area contributed by atoms with E-state index in [0.717, 1.165) is 6.54 Å². The molecule has 0 aliphatic carbocycles. The highest BCUT2D eigenvalue weighted by Crippen LogP contribution is 2.31. The molecule has 0 radical (unpaired) electrons. The van der Waals surface area contributed by atoms with Crippen LogP contribution in [0.25, 0.3) is 0 Å².